The minimum Gasteiger partial charge on any atom is -0.478 e. The molecule has 28 heavy (non-hydrogen) atoms. The highest BCUT2D eigenvalue weighted by Gasteiger charge is 2.46. The summed E-state index contributed by atoms with van der Waals surface area (Å²) in [6.07, 6.45) is 2.04. The second kappa shape index (κ2) is 12.0. The van der Waals surface area contributed by atoms with Crippen LogP contribution in [-0.4, -0.2) is 22.8 Å². The number of nitrogens with zero attached hydrogens (tertiary/aromatic N) is 1. The van der Waals surface area contributed by atoms with E-state index in [0.717, 1.165) is 38.5 Å². The van der Waals surface area contributed by atoms with Gasteiger partial charge < -0.3 is 4.43 Å². The maximum atomic E-state index is 15.6. The number of carbonyl (C=O) groups is 1. The van der Waals surface area contributed by atoms with Crippen molar-refractivity contribution < 1.29 is 18.5 Å². The summed E-state index contributed by atoms with van der Waals surface area (Å²) in [4.78, 5) is 23.0. The predicted molar refractivity (Wildman–Crippen MR) is 113 cm³/mol. The molecule has 0 aliphatic rings. The van der Waals surface area contributed by atoms with Crippen LogP contribution in [0.25, 0.3) is 0 Å². The van der Waals surface area contributed by atoms with Crippen LogP contribution in [0.2, 0.25) is 0 Å². The third kappa shape index (κ3) is 9.07. The quantitative estimate of drug-likeness (QED) is 0.105. The molecule has 0 N–H and O–H groups in total. The predicted octanol–water partition coefficient (Wildman–Crippen LogP) is 6.68. The number of halogens is 4. The average Bonchev–Trinajstić information content (AvgIpc) is 2.59. The van der Waals surface area contributed by atoms with Crippen molar-refractivity contribution in [3.63, 3.8) is 0 Å². The van der Waals surface area contributed by atoms with Gasteiger partial charge in [0.2, 0.25) is 5.67 Å². The minimum atomic E-state index is -3.86. The van der Waals surface area contributed by atoms with Crippen LogP contribution in [0.5, 0.6) is 0 Å². The van der Waals surface area contributed by atoms with Crippen molar-refractivity contribution in [2.24, 2.45) is 0 Å². The molecule has 0 radical (unpaired) electrons. The summed E-state index contributed by atoms with van der Waals surface area (Å²) in [6, 6.07) is 5.70. The molecule has 0 aliphatic heterocycles. The smallest absolute Gasteiger partial charge is 0.478 e. The number of para-hydroxylation sites is 1. The molecule has 0 heterocycles. The van der Waals surface area contributed by atoms with E-state index in [1.54, 1.807) is 6.07 Å². The van der Waals surface area contributed by atoms with Crippen LogP contribution in [0.15, 0.2) is 24.3 Å². The molecule has 158 valence electrons. The van der Waals surface area contributed by atoms with Crippen molar-refractivity contribution in [1.82, 2.24) is 0 Å². The van der Waals surface area contributed by atoms with Gasteiger partial charge in [0.05, 0.1) is 4.92 Å². The third-order valence-corrected chi connectivity index (χ3v) is 5.52. The number of nitro benzene ring substituents is 1. The SMILES string of the molecule is CCCCCCCCCC(F)(Cc1ccccc1[N+](=O)[O-])C(=O)O[Si](Cl)(Cl)Cl. The Hall–Kier alpha value is -0.893. The Bertz CT molecular complexity index is 660. The number of alkyl halides is 1. The van der Waals surface area contributed by atoms with Crippen molar-refractivity contribution >= 4 is 51.1 Å². The molecule has 0 saturated carbocycles. The van der Waals surface area contributed by atoms with E-state index in [1.807, 2.05) is 0 Å². The van der Waals surface area contributed by atoms with Gasteiger partial charge in [-0.1, -0.05) is 96.9 Å². The monoisotopic (exact) mass is 471 g/mol. The molecule has 0 bridgehead atoms. The molecule has 0 saturated heterocycles. The van der Waals surface area contributed by atoms with E-state index in [4.69, 9.17) is 37.7 Å². The van der Waals surface area contributed by atoms with Gasteiger partial charge in [0.15, 0.2) is 0 Å². The normalized spacial score (nSPS) is 13.8. The van der Waals surface area contributed by atoms with Crippen molar-refractivity contribution in [3.05, 3.63) is 39.9 Å². The molecule has 0 aliphatic carbocycles. The number of unbranched alkanes of at least 4 members (excludes halogenated alkanes) is 6. The van der Waals surface area contributed by atoms with Crippen LogP contribution in [0.1, 0.15) is 63.9 Å². The Morgan fingerprint density at radius 3 is 2.29 bits per heavy atom. The molecule has 0 fully saturated rings. The van der Waals surface area contributed by atoms with Gasteiger partial charge >= 0.3 is 12.2 Å². The zero-order chi connectivity index (χ0) is 21.2. The molecule has 1 aromatic rings. The lowest BCUT2D eigenvalue weighted by Gasteiger charge is -2.25. The van der Waals surface area contributed by atoms with Crippen molar-refractivity contribution in [2.45, 2.75) is 70.4 Å². The van der Waals surface area contributed by atoms with Crippen molar-refractivity contribution in [1.29, 1.82) is 0 Å². The fourth-order valence-corrected chi connectivity index (χ4v) is 3.99. The minimum absolute atomic E-state index is 0.0980. The molecule has 10 heteroatoms. The highest BCUT2D eigenvalue weighted by Crippen LogP contribution is 2.33. The average molecular weight is 473 g/mol. The van der Waals surface area contributed by atoms with E-state index in [-0.39, 0.29) is 17.7 Å². The largest absolute Gasteiger partial charge is 0.557 e. The van der Waals surface area contributed by atoms with Crippen LogP contribution in [0, 0.1) is 10.1 Å². The Morgan fingerprint density at radius 1 is 1.14 bits per heavy atom. The topological polar surface area (TPSA) is 69.4 Å². The second-order valence-corrected chi connectivity index (χ2v) is 14.4. The first-order valence-electron chi connectivity index (χ1n) is 9.30. The van der Waals surface area contributed by atoms with Gasteiger partial charge in [0.25, 0.3) is 5.69 Å². The molecule has 0 spiro atoms. The number of carbonyl (C=O) groups excluding carboxylic acids is 1. The fraction of sp³-hybridized carbons (Fsp3) is 0.611. The molecular weight excluding hydrogens is 448 g/mol. The highest BCUT2D eigenvalue weighted by atomic mass is 35.8. The van der Waals surface area contributed by atoms with E-state index in [0.29, 0.717) is 6.42 Å². The standard InChI is InChI=1S/C18H25Cl3FNO4Si/c1-2-3-4-5-6-7-10-13-18(22,17(24)27-28(19,20)21)14-15-11-8-9-12-16(15)23(25)26/h8-9,11-12H,2-7,10,13-14H2,1H3. The lowest BCUT2D eigenvalue weighted by atomic mass is 9.90. The zero-order valence-electron chi connectivity index (χ0n) is 15.8. The van der Waals surface area contributed by atoms with Crippen LogP contribution in [-0.2, 0) is 15.6 Å². The lowest BCUT2D eigenvalue weighted by Crippen LogP contribution is -2.41. The van der Waals surface area contributed by atoms with Crippen LogP contribution >= 0.6 is 33.2 Å². The molecule has 5 nitrogen and oxygen atoms in total. The summed E-state index contributed by atoms with van der Waals surface area (Å²) in [5.41, 5.74) is -2.66. The van der Waals surface area contributed by atoms with Crippen LogP contribution in [0.4, 0.5) is 10.1 Å². The summed E-state index contributed by atoms with van der Waals surface area (Å²) in [7, 11) is 0. The number of nitro groups is 1. The summed E-state index contributed by atoms with van der Waals surface area (Å²) in [5, 5.41) is 11.2. The first kappa shape index (κ1) is 25.1. The first-order chi connectivity index (χ1) is 13.1. The first-order valence-corrected chi connectivity index (χ1v) is 14.2. The molecule has 0 aromatic heterocycles. The number of hydrogen-bond acceptors (Lipinski definition) is 4. The van der Waals surface area contributed by atoms with Gasteiger partial charge in [0.1, 0.15) is 0 Å². The molecule has 1 rings (SSSR count). The van der Waals surface area contributed by atoms with Gasteiger partial charge in [-0.15, -0.1) is 0 Å². The maximum Gasteiger partial charge on any atom is 0.557 e. The summed E-state index contributed by atoms with van der Waals surface area (Å²) >= 11 is 16.8. The number of benzene rings is 1. The molecular formula is C18H25Cl3FNO4Si. The molecule has 1 aromatic carbocycles. The van der Waals surface area contributed by atoms with E-state index in [2.05, 4.69) is 6.92 Å². The van der Waals surface area contributed by atoms with Crippen LogP contribution in [0.3, 0.4) is 0 Å². The lowest BCUT2D eigenvalue weighted by molar-refractivity contribution is -0.385. The van der Waals surface area contributed by atoms with Gasteiger partial charge in [-0.3, -0.25) is 10.1 Å². The summed E-state index contributed by atoms with van der Waals surface area (Å²) in [5.74, 6) is -1.27. The zero-order valence-corrected chi connectivity index (χ0v) is 19.0. The van der Waals surface area contributed by atoms with E-state index < -0.39 is 29.2 Å². The third-order valence-electron chi connectivity index (χ3n) is 4.41. The van der Waals surface area contributed by atoms with E-state index in [1.165, 1.54) is 18.2 Å². The summed E-state index contributed by atoms with van der Waals surface area (Å²) < 4.78 is 20.4. The second-order valence-electron chi connectivity index (χ2n) is 6.73. The fourth-order valence-electron chi connectivity index (χ4n) is 2.96. The molecule has 0 amide bonds. The van der Waals surface area contributed by atoms with Gasteiger partial charge in [-0.05, 0) is 12.8 Å². The Balaban J connectivity index is 2.87. The van der Waals surface area contributed by atoms with Gasteiger partial charge in [0, 0.05) is 18.1 Å². The van der Waals surface area contributed by atoms with Crippen molar-refractivity contribution in [2.75, 3.05) is 0 Å². The molecule has 1 unspecified atom stereocenters. The number of hydrogen-bond donors (Lipinski definition) is 0. The highest BCUT2D eigenvalue weighted by molar-refractivity contribution is 7.62. The van der Waals surface area contributed by atoms with Crippen molar-refractivity contribution in [3.8, 4) is 0 Å². The summed E-state index contributed by atoms with van der Waals surface area (Å²) in [6.45, 7) is 2.12. The van der Waals surface area contributed by atoms with Gasteiger partial charge in [-0.25, -0.2) is 9.18 Å². The Labute approximate surface area is 179 Å². The van der Waals surface area contributed by atoms with E-state index >= 15 is 4.39 Å². The Kier molecular flexibility index (Phi) is 10.7. The Morgan fingerprint density at radius 2 is 1.71 bits per heavy atom. The number of rotatable bonds is 13. The van der Waals surface area contributed by atoms with E-state index in [9.17, 15) is 14.9 Å². The van der Waals surface area contributed by atoms with Crippen LogP contribution < -0.4 is 0 Å². The van der Waals surface area contributed by atoms with Gasteiger partial charge in [-0.2, -0.15) is 0 Å². The maximum absolute atomic E-state index is 15.6. The molecule has 1 atom stereocenters.